The van der Waals surface area contributed by atoms with Crippen molar-refractivity contribution in [3.8, 4) is 0 Å². The van der Waals surface area contributed by atoms with Gasteiger partial charge in [-0.2, -0.15) is 0 Å². The van der Waals surface area contributed by atoms with Gasteiger partial charge in [0.2, 0.25) is 0 Å². The van der Waals surface area contributed by atoms with Crippen molar-refractivity contribution in [3.63, 3.8) is 0 Å². The Hall–Kier alpha value is -3.20. The van der Waals surface area contributed by atoms with E-state index >= 15 is 0 Å². The van der Waals surface area contributed by atoms with Gasteiger partial charge in [0.05, 0.1) is 16.8 Å². The number of anilines is 1. The van der Waals surface area contributed by atoms with Crippen LogP contribution in [0.2, 0.25) is 0 Å². The van der Waals surface area contributed by atoms with Crippen LogP contribution in [0.25, 0.3) is 11.0 Å². The summed E-state index contributed by atoms with van der Waals surface area (Å²) in [4.78, 5) is 28.3. The Labute approximate surface area is 173 Å². The number of pyridine rings is 1. The Balaban J connectivity index is 1.86. The average molecular weight is 427 g/mol. The van der Waals surface area contributed by atoms with Gasteiger partial charge in [-0.1, -0.05) is 43.9 Å². The number of rotatable bonds is 6. The summed E-state index contributed by atoms with van der Waals surface area (Å²) < 4.78 is 27.8. The summed E-state index contributed by atoms with van der Waals surface area (Å²) >= 11 is 0. The van der Waals surface area contributed by atoms with Crippen LogP contribution in [0.5, 0.6) is 0 Å². The highest BCUT2D eigenvalue weighted by Crippen LogP contribution is 2.31. The molecule has 3 aromatic rings. The molecule has 0 saturated heterocycles. The number of carboxylic acid groups (broad SMARTS) is 1. The molecule has 30 heavy (non-hydrogen) atoms. The molecule has 4 rings (SSSR count). The van der Waals surface area contributed by atoms with Crippen LogP contribution in [0, 0.1) is 5.92 Å². The maximum absolute atomic E-state index is 13.4. The minimum Gasteiger partial charge on any atom is -0.465 e. The van der Waals surface area contributed by atoms with Gasteiger partial charge in [0.1, 0.15) is 5.69 Å². The number of carbonyl (C=O) groups excluding carboxylic acids is 1. The minimum absolute atomic E-state index is 0.0423. The quantitative estimate of drug-likeness (QED) is 0.571. The predicted octanol–water partition coefficient (Wildman–Crippen LogP) is 4.13. The number of nitrogens with one attached hydrogen (secondary N) is 1. The summed E-state index contributed by atoms with van der Waals surface area (Å²) in [7, 11) is -4.07. The Bertz CT molecular complexity index is 1210. The fraction of sp³-hybridized carbons (Fsp3) is 0.286. The number of fused-ring (bicyclic) bond motifs is 1. The van der Waals surface area contributed by atoms with Crippen LogP contribution in [0.4, 0.5) is 10.5 Å². The largest absolute Gasteiger partial charge is 0.465 e. The Kier molecular flexibility index (Phi) is 5.29. The molecule has 8 nitrogen and oxygen atoms in total. The Morgan fingerprint density at radius 3 is 2.50 bits per heavy atom. The summed E-state index contributed by atoms with van der Waals surface area (Å²) in [5, 5.41) is 11.5. The van der Waals surface area contributed by atoms with Crippen molar-refractivity contribution in [2.45, 2.75) is 37.0 Å². The number of hydrogen-bond acceptors (Lipinski definition) is 5. The van der Waals surface area contributed by atoms with E-state index in [1.807, 2.05) is 0 Å². The van der Waals surface area contributed by atoms with E-state index in [-0.39, 0.29) is 40.0 Å². The Morgan fingerprint density at radius 1 is 1.13 bits per heavy atom. The van der Waals surface area contributed by atoms with Crippen molar-refractivity contribution in [1.29, 1.82) is 0 Å². The van der Waals surface area contributed by atoms with E-state index in [9.17, 15) is 18.0 Å². The normalized spacial score (nSPS) is 14.8. The first-order valence-electron chi connectivity index (χ1n) is 9.71. The topological polar surface area (TPSA) is 118 Å². The van der Waals surface area contributed by atoms with Crippen molar-refractivity contribution >= 4 is 38.6 Å². The maximum Gasteiger partial charge on any atom is 0.409 e. The van der Waals surface area contributed by atoms with Gasteiger partial charge in [0.25, 0.3) is 10.0 Å². The standard InChI is InChI=1S/C21H21N3O5S/c25-19(10-14-6-4-5-7-14)18-12-15-11-16(23-21(26)27)13-22-20(15)24(18)30(28,29)17-8-2-1-3-9-17/h1-3,8-9,11-14,23H,4-7,10H2,(H,26,27). The summed E-state index contributed by atoms with van der Waals surface area (Å²) in [5.74, 6) is -0.00672. The molecule has 1 fully saturated rings. The highest BCUT2D eigenvalue weighted by Gasteiger charge is 2.29. The Morgan fingerprint density at radius 2 is 1.83 bits per heavy atom. The third-order valence-electron chi connectivity index (χ3n) is 5.37. The van der Waals surface area contributed by atoms with Crippen molar-refractivity contribution < 1.29 is 23.1 Å². The molecule has 0 bridgehead atoms. The zero-order valence-electron chi connectivity index (χ0n) is 16.1. The molecule has 1 amide bonds. The third-order valence-corrected chi connectivity index (χ3v) is 7.08. The third kappa shape index (κ3) is 3.80. The molecule has 0 aliphatic heterocycles. The van der Waals surface area contributed by atoms with Crippen molar-refractivity contribution in [2.24, 2.45) is 5.92 Å². The summed E-state index contributed by atoms with van der Waals surface area (Å²) in [6.45, 7) is 0. The second-order valence-electron chi connectivity index (χ2n) is 7.46. The number of benzene rings is 1. The second kappa shape index (κ2) is 7.91. The van der Waals surface area contributed by atoms with Gasteiger partial charge in [0.15, 0.2) is 11.4 Å². The maximum atomic E-state index is 13.4. The zero-order chi connectivity index (χ0) is 21.3. The smallest absolute Gasteiger partial charge is 0.409 e. The van der Waals surface area contributed by atoms with Crippen LogP contribution < -0.4 is 5.32 Å². The molecular formula is C21H21N3O5S. The first-order valence-corrected chi connectivity index (χ1v) is 11.2. The number of amides is 1. The van der Waals surface area contributed by atoms with E-state index in [2.05, 4.69) is 10.3 Å². The first-order chi connectivity index (χ1) is 14.4. The van der Waals surface area contributed by atoms with Gasteiger partial charge < -0.3 is 5.11 Å². The summed E-state index contributed by atoms with van der Waals surface area (Å²) in [6, 6.07) is 10.8. The lowest BCUT2D eigenvalue weighted by Crippen LogP contribution is -2.20. The zero-order valence-corrected chi connectivity index (χ0v) is 16.9. The van der Waals surface area contributed by atoms with E-state index < -0.39 is 16.1 Å². The lowest BCUT2D eigenvalue weighted by molar-refractivity contribution is 0.0956. The molecule has 2 N–H and O–H groups in total. The molecule has 2 heterocycles. The molecule has 156 valence electrons. The molecule has 0 radical (unpaired) electrons. The summed E-state index contributed by atoms with van der Waals surface area (Å²) in [6.07, 6.45) is 4.33. The van der Waals surface area contributed by atoms with Gasteiger partial charge in [-0.25, -0.2) is 22.2 Å². The molecule has 1 aliphatic rings. The lowest BCUT2D eigenvalue weighted by atomic mass is 10.00. The minimum atomic E-state index is -4.07. The van der Waals surface area contributed by atoms with Gasteiger partial charge in [-0.15, -0.1) is 0 Å². The molecule has 0 spiro atoms. The number of nitrogens with zero attached hydrogens (tertiary/aromatic N) is 2. The monoisotopic (exact) mass is 427 g/mol. The number of Topliss-reactive ketones (excluding diaryl/α,β-unsaturated/α-hetero) is 1. The molecule has 0 unspecified atom stereocenters. The van der Waals surface area contributed by atoms with E-state index in [1.165, 1.54) is 30.5 Å². The molecule has 1 saturated carbocycles. The molecule has 2 aromatic heterocycles. The SMILES string of the molecule is O=C(O)Nc1cnc2c(c1)cc(C(=O)CC1CCCC1)n2S(=O)(=O)c1ccccc1. The average Bonchev–Trinajstić information content (AvgIpc) is 3.35. The van der Waals surface area contributed by atoms with Gasteiger partial charge in [-0.3, -0.25) is 10.1 Å². The highest BCUT2D eigenvalue weighted by molar-refractivity contribution is 7.90. The lowest BCUT2D eigenvalue weighted by Gasteiger charge is -2.12. The van der Waals surface area contributed by atoms with Crippen LogP contribution >= 0.6 is 0 Å². The fourth-order valence-corrected chi connectivity index (χ4v) is 5.48. The molecule has 1 aromatic carbocycles. The number of carbonyl (C=O) groups is 2. The van der Waals surface area contributed by atoms with Crippen molar-refractivity contribution in [2.75, 3.05) is 5.32 Å². The van der Waals surface area contributed by atoms with Crippen LogP contribution in [-0.4, -0.2) is 34.4 Å². The number of hydrogen-bond donors (Lipinski definition) is 2. The van der Waals surface area contributed by atoms with Crippen LogP contribution in [-0.2, 0) is 10.0 Å². The summed E-state index contributed by atoms with van der Waals surface area (Å²) in [5.41, 5.74) is 0.323. The number of aromatic nitrogens is 2. The van der Waals surface area contributed by atoms with E-state index in [0.29, 0.717) is 5.39 Å². The van der Waals surface area contributed by atoms with Crippen LogP contribution in [0.15, 0.2) is 53.6 Å². The van der Waals surface area contributed by atoms with E-state index in [0.717, 1.165) is 29.7 Å². The molecule has 1 aliphatic carbocycles. The van der Waals surface area contributed by atoms with Crippen molar-refractivity contribution in [1.82, 2.24) is 8.96 Å². The van der Waals surface area contributed by atoms with Crippen molar-refractivity contribution in [3.05, 3.63) is 54.4 Å². The molecular weight excluding hydrogens is 406 g/mol. The van der Waals surface area contributed by atoms with Gasteiger partial charge in [0, 0.05) is 11.8 Å². The predicted molar refractivity (Wildman–Crippen MR) is 111 cm³/mol. The molecule has 9 heteroatoms. The van der Waals surface area contributed by atoms with Crippen LogP contribution in [0.1, 0.15) is 42.6 Å². The second-order valence-corrected chi connectivity index (χ2v) is 9.24. The number of ketones is 1. The van der Waals surface area contributed by atoms with Gasteiger partial charge >= 0.3 is 6.09 Å². The van der Waals surface area contributed by atoms with Crippen LogP contribution in [0.3, 0.4) is 0 Å². The fourth-order valence-electron chi connectivity index (χ4n) is 3.98. The first kappa shape index (κ1) is 20.1. The van der Waals surface area contributed by atoms with Gasteiger partial charge in [-0.05, 0) is 30.2 Å². The van der Waals surface area contributed by atoms with E-state index in [1.54, 1.807) is 18.2 Å². The molecule has 0 atom stereocenters. The van der Waals surface area contributed by atoms with E-state index in [4.69, 9.17) is 5.11 Å². The highest BCUT2D eigenvalue weighted by atomic mass is 32.2.